The van der Waals surface area contributed by atoms with Gasteiger partial charge in [-0.3, -0.25) is 0 Å². The van der Waals surface area contributed by atoms with Crippen molar-refractivity contribution >= 4 is 15.4 Å². The minimum Gasteiger partial charge on any atom is -0.497 e. The van der Waals surface area contributed by atoms with Crippen LogP contribution < -0.4 is 4.74 Å². The summed E-state index contributed by atoms with van der Waals surface area (Å²) in [6, 6.07) is 3.81. The Morgan fingerprint density at radius 1 is 1.37 bits per heavy atom. The van der Waals surface area contributed by atoms with E-state index >= 15 is 0 Å². The molecule has 3 heterocycles. The zero-order valence-electron chi connectivity index (χ0n) is 10.7. The first-order chi connectivity index (χ1) is 9.09. The molecule has 0 spiro atoms. The number of fused-ring (bicyclic) bond motifs is 1. The van der Waals surface area contributed by atoms with Crippen LogP contribution in [0.15, 0.2) is 24.5 Å². The quantitative estimate of drug-likeness (QED) is 0.839. The number of rotatable bonds is 2. The predicted octanol–water partition coefficient (Wildman–Crippen LogP) is 1.64. The Morgan fingerprint density at radius 3 is 2.79 bits per heavy atom. The lowest BCUT2D eigenvalue weighted by molar-refractivity contribution is 0.414. The Morgan fingerprint density at radius 2 is 2.11 bits per heavy atom. The molecule has 1 saturated heterocycles. The summed E-state index contributed by atoms with van der Waals surface area (Å²) in [6.45, 7) is 0. The van der Waals surface area contributed by atoms with Crippen molar-refractivity contribution in [1.82, 2.24) is 9.38 Å². The largest absolute Gasteiger partial charge is 0.497 e. The van der Waals surface area contributed by atoms with Crippen molar-refractivity contribution < 1.29 is 13.2 Å². The normalized spacial score (nSPS) is 19.6. The second-order valence-corrected chi connectivity index (χ2v) is 7.21. The molecule has 0 radical (unpaired) electrons. The summed E-state index contributed by atoms with van der Waals surface area (Å²) >= 11 is 0. The fourth-order valence-electron chi connectivity index (χ4n) is 2.58. The summed E-state index contributed by atoms with van der Waals surface area (Å²) < 4.78 is 30.1. The maximum atomic E-state index is 11.5. The first kappa shape index (κ1) is 12.5. The number of aromatic nitrogens is 2. The van der Waals surface area contributed by atoms with E-state index in [9.17, 15) is 8.42 Å². The SMILES string of the molecule is COc1ccn2c(C3CCS(=O)(=O)CC3)ncc2c1. The number of sulfone groups is 1. The molecule has 0 atom stereocenters. The summed E-state index contributed by atoms with van der Waals surface area (Å²) in [5.41, 5.74) is 0.975. The van der Waals surface area contributed by atoms with Gasteiger partial charge in [-0.05, 0) is 18.9 Å². The van der Waals surface area contributed by atoms with Gasteiger partial charge in [0.25, 0.3) is 0 Å². The molecule has 0 N–H and O–H groups in total. The third kappa shape index (κ3) is 2.32. The summed E-state index contributed by atoms with van der Waals surface area (Å²) in [7, 11) is -1.19. The van der Waals surface area contributed by atoms with Crippen molar-refractivity contribution in [2.75, 3.05) is 18.6 Å². The third-order valence-corrected chi connectivity index (χ3v) is 5.40. The van der Waals surface area contributed by atoms with Crippen LogP contribution >= 0.6 is 0 Å². The van der Waals surface area contributed by atoms with E-state index in [1.54, 1.807) is 13.3 Å². The number of pyridine rings is 1. The van der Waals surface area contributed by atoms with Crippen LogP contribution in [0.25, 0.3) is 5.52 Å². The summed E-state index contributed by atoms with van der Waals surface area (Å²) in [4.78, 5) is 4.45. The van der Waals surface area contributed by atoms with Gasteiger partial charge in [0.1, 0.15) is 21.4 Å². The van der Waals surface area contributed by atoms with Gasteiger partial charge in [-0.2, -0.15) is 0 Å². The Bertz CT molecular complexity index is 692. The number of hydrogen-bond donors (Lipinski definition) is 0. The smallest absolute Gasteiger partial charge is 0.150 e. The molecule has 0 aliphatic carbocycles. The molecule has 0 unspecified atom stereocenters. The van der Waals surface area contributed by atoms with Crippen LogP contribution in [0.1, 0.15) is 24.6 Å². The van der Waals surface area contributed by atoms with E-state index in [4.69, 9.17) is 4.74 Å². The predicted molar refractivity (Wildman–Crippen MR) is 72.4 cm³/mol. The second kappa shape index (κ2) is 4.52. The molecule has 0 saturated carbocycles. The zero-order valence-corrected chi connectivity index (χ0v) is 11.6. The average Bonchev–Trinajstić information content (AvgIpc) is 2.81. The van der Waals surface area contributed by atoms with E-state index in [-0.39, 0.29) is 17.4 Å². The van der Waals surface area contributed by atoms with Gasteiger partial charge in [-0.1, -0.05) is 0 Å². The highest BCUT2D eigenvalue weighted by molar-refractivity contribution is 7.91. The van der Waals surface area contributed by atoms with Gasteiger partial charge in [-0.25, -0.2) is 13.4 Å². The fraction of sp³-hybridized carbons (Fsp3) is 0.462. The topological polar surface area (TPSA) is 60.7 Å². The highest BCUT2D eigenvalue weighted by Gasteiger charge is 2.27. The van der Waals surface area contributed by atoms with Gasteiger partial charge in [0.2, 0.25) is 0 Å². The van der Waals surface area contributed by atoms with Crippen LogP contribution in [0.2, 0.25) is 0 Å². The van der Waals surface area contributed by atoms with Crippen LogP contribution in [-0.2, 0) is 9.84 Å². The second-order valence-electron chi connectivity index (χ2n) is 4.90. The molecule has 5 nitrogen and oxygen atoms in total. The number of hydrogen-bond acceptors (Lipinski definition) is 4. The summed E-state index contributed by atoms with van der Waals surface area (Å²) in [5, 5.41) is 0. The van der Waals surface area contributed by atoms with Crippen LogP contribution in [0.5, 0.6) is 5.75 Å². The van der Waals surface area contributed by atoms with E-state index < -0.39 is 9.84 Å². The Hall–Kier alpha value is -1.56. The molecule has 2 aromatic heterocycles. The van der Waals surface area contributed by atoms with Crippen LogP contribution in [-0.4, -0.2) is 36.4 Å². The Labute approximate surface area is 112 Å². The van der Waals surface area contributed by atoms with Crippen LogP contribution in [0.4, 0.5) is 0 Å². The molecule has 3 rings (SSSR count). The van der Waals surface area contributed by atoms with E-state index in [0.29, 0.717) is 12.8 Å². The number of nitrogens with zero attached hydrogens (tertiary/aromatic N) is 2. The number of ether oxygens (including phenoxy) is 1. The van der Waals surface area contributed by atoms with Gasteiger partial charge in [0, 0.05) is 18.2 Å². The van der Waals surface area contributed by atoms with Crippen molar-refractivity contribution in [3.8, 4) is 5.75 Å². The average molecular weight is 280 g/mol. The van der Waals surface area contributed by atoms with Crippen molar-refractivity contribution in [2.24, 2.45) is 0 Å². The summed E-state index contributed by atoms with van der Waals surface area (Å²) in [6.07, 6.45) is 5.06. The monoisotopic (exact) mass is 280 g/mol. The van der Waals surface area contributed by atoms with Crippen molar-refractivity contribution in [3.05, 3.63) is 30.4 Å². The van der Waals surface area contributed by atoms with E-state index in [0.717, 1.165) is 17.1 Å². The van der Waals surface area contributed by atoms with Gasteiger partial charge >= 0.3 is 0 Å². The molecular formula is C13H16N2O3S. The maximum Gasteiger partial charge on any atom is 0.150 e. The molecular weight excluding hydrogens is 264 g/mol. The maximum absolute atomic E-state index is 11.5. The molecule has 2 aromatic rings. The molecule has 1 fully saturated rings. The molecule has 19 heavy (non-hydrogen) atoms. The van der Waals surface area contributed by atoms with E-state index in [2.05, 4.69) is 4.98 Å². The lowest BCUT2D eigenvalue weighted by Crippen LogP contribution is -2.23. The number of imidazole rings is 1. The van der Waals surface area contributed by atoms with Gasteiger partial charge in [0.15, 0.2) is 0 Å². The molecule has 0 aromatic carbocycles. The van der Waals surface area contributed by atoms with Gasteiger partial charge in [-0.15, -0.1) is 0 Å². The Kier molecular flexibility index (Phi) is 2.97. The lowest BCUT2D eigenvalue weighted by Gasteiger charge is -2.20. The first-order valence-corrected chi connectivity index (χ1v) is 8.12. The van der Waals surface area contributed by atoms with Gasteiger partial charge < -0.3 is 9.14 Å². The summed E-state index contributed by atoms with van der Waals surface area (Å²) in [5.74, 6) is 2.50. The minimum atomic E-state index is -2.83. The first-order valence-electron chi connectivity index (χ1n) is 6.30. The van der Waals surface area contributed by atoms with Crippen molar-refractivity contribution in [2.45, 2.75) is 18.8 Å². The highest BCUT2D eigenvalue weighted by Crippen LogP contribution is 2.29. The molecule has 6 heteroatoms. The molecule has 1 aliphatic rings. The standard InChI is InChI=1S/C13H16N2O3S/c1-18-12-2-5-15-11(8-12)9-14-13(15)10-3-6-19(16,17)7-4-10/h2,5,8-10H,3-4,6-7H2,1H3. The molecule has 0 amide bonds. The fourth-order valence-corrected chi connectivity index (χ4v) is 4.07. The highest BCUT2D eigenvalue weighted by atomic mass is 32.2. The van der Waals surface area contributed by atoms with Crippen LogP contribution in [0, 0.1) is 0 Å². The minimum absolute atomic E-state index is 0.222. The molecule has 102 valence electrons. The molecule has 1 aliphatic heterocycles. The van der Waals surface area contributed by atoms with Crippen molar-refractivity contribution in [3.63, 3.8) is 0 Å². The zero-order chi connectivity index (χ0) is 13.5. The van der Waals surface area contributed by atoms with Crippen molar-refractivity contribution in [1.29, 1.82) is 0 Å². The van der Waals surface area contributed by atoms with E-state index in [1.165, 1.54) is 0 Å². The third-order valence-electron chi connectivity index (χ3n) is 3.69. The molecule has 0 bridgehead atoms. The van der Waals surface area contributed by atoms with Crippen LogP contribution in [0.3, 0.4) is 0 Å². The van der Waals surface area contributed by atoms with Gasteiger partial charge in [0.05, 0.1) is 30.3 Å². The lowest BCUT2D eigenvalue weighted by atomic mass is 10.0. The van der Waals surface area contributed by atoms with E-state index in [1.807, 2.05) is 22.7 Å². The Balaban J connectivity index is 1.93. The number of methoxy groups -OCH3 is 1.